The van der Waals surface area contributed by atoms with Gasteiger partial charge in [0, 0.05) is 33.9 Å². The molecule has 10 heteroatoms. The van der Waals surface area contributed by atoms with Crippen molar-refractivity contribution in [1.29, 1.82) is 0 Å². The maximum absolute atomic E-state index is 13.2. The van der Waals surface area contributed by atoms with Crippen molar-refractivity contribution in [3.05, 3.63) is 70.9 Å². The van der Waals surface area contributed by atoms with Gasteiger partial charge in [0.15, 0.2) is 0 Å². The van der Waals surface area contributed by atoms with Gasteiger partial charge >= 0.3 is 0 Å². The zero-order valence-electron chi connectivity index (χ0n) is 19.3. The zero-order valence-corrected chi connectivity index (χ0v) is 21.8. The van der Waals surface area contributed by atoms with Crippen LogP contribution in [-0.4, -0.2) is 41.7 Å². The largest absolute Gasteiger partial charge is 0.322 e. The molecule has 0 atom stereocenters. The van der Waals surface area contributed by atoms with Gasteiger partial charge in [-0.1, -0.05) is 23.9 Å². The number of sulfonamides is 1. The third kappa shape index (κ3) is 4.71. The number of nitrogens with one attached hydrogen (secondary N) is 1. The molecule has 7 nitrogen and oxygen atoms in total. The number of rotatable bonds is 6. The third-order valence-electron chi connectivity index (χ3n) is 6.08. The number of carbonyl (C=O) groups excluding carboxylic acids is 1. The summed E-state index contributed by atoms with van der Waals surface area (Å²) in [5.41, 5.74) is 2.20. The predicted octanol–water partition coefficient (Wildman–Crippen LogP) is 5.50. The van der Waals surface area contributed by atoms with Crippen LogP contribution in [-0.2, 0) is 10.0 Å². The van der Waals surface area contributed by atoms with Crippen LogP contribution in [0.4, 0.5) is 5.69 Å². The van der Waals surface area contributed by atoms with Gasteiger partial charge in [0.25, 0.3) is 5.91 Å². The lowest BCUT2D eigenvalue weighted by atomic mass is 10.2. The number of hydrogen-bond acceptors (Lipinski definition) is 7. The Hall–Kier alpha value is -2.79. The van der Waals surface area contributed by atoms with Gasteiger partial charge in [-0.05, 0) is 68.7 Å². The Balaban J connectivity index is 1.37. The van der Waals surface area contributed by atoms with E-state index in [9.17, 15) is 13.2 Å². The first-order chi connectivity index (χ1) is 16.8. The molecule has 1 N–H and O–H groups in total. The maximum atomic E-state index is 13.2. The first kappa shape index (κ1) is 23.9. The standard InChI is InChI=1S/C25H24N4O3S3/c1-16-17(2)33-24-22(16)25(27-15-26-24)34-21-8-4-3-7-20(21)23(30)28-18-9-11-19(12-10-18)35(31,32)29-13-5-6-14-29/h3-4,7-12,15H,5-6,13-14H2,1-2H3,(H,28,30). The monoisotopic (exact) mass is 524 g/mol. The van der Waals surface area contributed by atoms with E-state index < -0.39 is 10.0 Å². The lowest BCUT2D eigenvalue weighted by Crippen LogP contribution is -2.27. The van der Waals surface area contributed by atoms with E-state index in [-0.39, 0.29) is 10.8 Å². The molecule has 1 saturated heterocycles. The summed E-state index contributed by atoms with van der Waals surface area (Å²) in [5, 5.41) is 4.73. The van der Waals surface area contributed by atoms with E-state index >= 15 is 0 Å². The van der Waals surface area contributed by atoms with Crippen LogP contribution in [0, 0.1) is 13.8 Å². The molecule has 1 fully saturated rings. The minimum atomic E-state index is -3.49. The molecule has 35 heavy (non-hydrogen) atoms. The number of thiophene rings is 1. The Kier molecular flexibility index (Phi) is 6.63. The van der Waals surface area contributed by atoms with Crippen molar-refractivity contribution in [2.24, 2.45) is 0 Å². The number of carbonyl (C=O) groups is 1. The topological polar surface area (TPSA) is 92.3 Å². The predicted molar refractivity (Wildman–Crippen MR) is 140 cm³/mol. The van der Waals surface area contributed by atoms with Crippen molar-refractivity contribution in [2.75, 3.05) is 18.4 Å². The number of benzene rings is 2. The van der Waals surface area contributed by atoms with Gasteiger partial charge in [-0.15, -0.1) is 11.3 Å². The number of fused-ring (bicyclic) bond motifs is 1. The van der Waals surface area contributed by atoms with Crippen LogP contribution in [0.25, 0.3) is 10.2 Å². The van der Waals surface area contributed by atoms with Crippen molar-refractivity contribution in [3.63, 3.8) is 0 Å². The molecular weight excluding hydrogens is 501 g/mol. The minimum absolute atomic E-state index is 0.238. The molecule has 1 amide bonds. The summed E-state index contributed by atoms with van der Waals surface area (Å²) in [5.74, 6) is -0.272. The molecule has 1 aliphatic rings. The van der Waals surface area contributed by atoms with Gasteiger partial charge in [0.1, 0.15) is 16.2 Å². The highest BCUT2D eigenvalue weighted by Gasteiger charge is 2.27. The van der Waals surface area contributed by atoms with E-state index in [2.05, 4.69) is 29.1 Å². The highest BCUT2D eigenvalue weighted by molar-refractivity contribution is 7.99. The lowest BCUT2D eigenvalue weighted by molar-refractivity contribution is 0.102. The molecule has 1 aliphatic heterocycles. The average molecular weight is 525 g/mol. The molecule has 2 aromatic carbocycles. The number of aryl methyl sites for hydroxylation is 2. The van der Waals surface area contributed by atoms with Gasteiger partial charge in [0.05, 0.1) is 10.5 Å². The SMILES string of the molecule is Cc1sc2ncnc(Sc3ccccc3C(=O)Nc3ccc(S(=O)(=O)N4CCCC4)cc3)c2c1C. The second kappa shape index (κ2) is 9.69. The third-order valence-corrected chi connectivity index (χ3v) is 10.2. The summed E-state index contributed by atoms with van der Waals surface area (Å²) < 4.78 is 27.0. The summed E-state index contributed by atoms with van der Waals surface area (Å²) >= 11 is 3.08. The summed E-state index contributed by atoms with van der Waals surface area (Å²) in [4.78, 5) is 25.2. The fraction of sp³-hybridized carbons (Fsp3) is 0.240. The first-order valence-corrected chi connectivity index (χ1v) is 14.3. The second-order valence-electron chi connectivity index (χ2n) is 8.33. The fourth-order valence-corrected chi connectivity index (χ4v) is 7.72. The van der Waals surface area contributed by atoms with Crippen LogP contribution < -0.4 is 5.32 Å². The van der Waals surface area contributed by atoms with Gasteiger partial charge < -0.3 is 5.32 Å². The molecule has 0 saturated carbocycles. The lowest BCUT2D eigenvalue weighted by Gasteiger charge is -2.16. The van der Waals surface area contributed by atoms with Crippen molar-refractivity contribution >= 4 is 54.9 Å². The smallest absolute Gasteiger partial charge is 0.256 e. The number of aromatic nitrogens is 2. The molecule has 5 rings (SSSR count). The highest BCUT2D eigenvalue weighted by atomic mass is 32.2. The molecule has 4 aromatic rings. The van der Waals surface area contributed by atoms with E-state index in [1.807, 2.05) is 18.2 Å². The fourth-order valence-electron chi connectivity index (χ4n) is 4.06. The quantitative estimate of drug-likeness (QED) is 0.335. The molecule has 0 unspecified atom stereocenters. The maximum Gasteiger partial charge on any atom is 0.256 e. The van der Waals surface area contributed by atoms with E-state index in [0.29, 0.717) is 24.3 Å². The highest BCUT2D eigenvalue weighted by Crippen LogP contribution is 2.38. The van der Waals surface area contributed by atoms with Crippen molar-refractivity contribution < 1.29 is 13.2 Å². The van der Waals surface area contributed by atoms with Crippen molar-refractivity contribution in [3.8, 4) is 0 Å². The number of anilines is 1. The Morgan fingerprint density at radius 3 is 2.49 bits per heavy atom. The van der Waals surface area contributed by atoms with Crippen LogP contribution in [0.15, 0.2) is 69.7 Å². The van der Waals surface area contributed by atoms with E-state index in [1.165, 1.54) is 20.9 Å². The van der Waals surface area contributed by atoms with Gasteiger partial charge in [-0.3, -0.25) is 4.79 Å². The molecule has 0 bridgehead atoms. The van der Waals surface area contributed by atoms with Crippen molar-refractivity contribution in [2.45, 2.75) is 41.5 Å². The van der Waals surface area contributed by atoms with Crippen LogP contribution in [0.1, 0.15) is 33.6 Å². The molecule has 0 radical (unpaired) electrons. The van der Waals surface area contributed by atoms with Crippen LogP contribution in [0.2, 0.25) is 0 Å². The molecule has 180 valence electrons. The Labute approximate surface area is 212 Å². The Morgan fingerprint density at radius 1 is 1.03 bits per heavy atom. The second-order valence-corrected chi connectivity index (χ2v) is 12.5. The molecule has 0 aliphatic carbocycles. The number of hydrogen-bond donors (Lipinski definition) is 1. The first-order valence-electron chi connectivity index (χ1n) is 11.2. The van der Waals surface area contributed by atoms with Gasteiger partial charge in [0.2, 0.25) is 10.0 Å². The summed E-state index contributed by atoms with van der Waals surface area (Å²) in [7, 11) is -3.49. The molecule has 2 aromatic heterocycles. The summed E-state index contributed by atoms with van der Waals surface area (Å²) in [6, 6.07) is 13.7. The Bertz CT molecular complexity index is 1510. The van der Waals surface area contributed by atoms with Gasteiger partial charge in [-0.2, -0.15) is 4.31 Å². The zero-order chi connectivity index (χ0) is 24.6. The average Bonchev–Trinajstić information content (AvgIpc) is 3.49. The van der Waals surface area contributed by atoms with Crippen LogP contribution in [0.5, 0.6) is 0 Å². The molecule has 3 heterocycles. The van der Waals surface area contributed by atoms with Crippen LogP contribution in [0.3, 0.4) is 0 Å². The van der Waals surface area contributed by atoms with E-state index in [4.69, 9.17) is 0 Å². The van der Waals surface area contributed by atoms with Crippen LogP contribution >= 0.6 is 23.1 Å². The Morgan fingerprint density at radius 2 is 1.74 bits per heavy atom. The normalized spacial score (nSPS) is 14.5. The molecule has 0 spiro atoms. The summed E-state index contributed by atoms with van der Waals surface area (Å²) in [6.45, 7) is 5.24. The molecular formula is C25H24N4O3S3. The van der Waals surface area contributed by atoms with Crippen molar-refractivity contribution in [1.82, 2.24) is 14.3 Å². The van der Waals surface area contributed by atoms with E-state index in [1.54, 1.807) is 48.0 Å². The van der Waals surface area contributed by atoms with Gasteiger partial charge in [-0.25, -0.2) is 18.4 Å². The van der Waals surface area contributed by atoms with E-state index in [0.717, 1.165) is 38.5 Å². The minimum Gasteiger partial charge on any atom is -0.322 e. The summed E-state index contributed by atoms with van der Waals surface area (Å²) in [6.07, 6.45) is 3.33. The number of amides is 1. The number of nitrogens with zero attached hydrogens (tertiary/aromatic N) is 3.